The number of hydrogen-bond donors (Lipinski definition) is 0. The second-order valence-corrected chi connectivity index (χ2v) is 14.2. The van der Waals surface area contributed by atoms with Gasteiger partial charge in [-0.2, -0.15) is 0 Å². The Morgan fingerprint density at radius 3 is 2.09 bits per heavy atom. The van der Waals surface area contributed by atoms with Crippen molar-refractivity contribution >= 4 is 18.7 Å². The molecule has 0 saturated carbocycles. The minimum absolute atomic E-state index is 0.0817. The SMILES string of the molecule is C=CCN1CCCC/C1=C(\OC(C)CC)O[Si](c1ccccc1)(c1ccccc1)C(C)(C)C. The molecule has 0 spiro atoms. The van der Waals surface area contributed by atoms with Crippen LogP contribution in [0.1, 0.15) is 60.3 Å². The van der Waals surface area contributed by atoms with Gasteiger partial charge in [-0.15, -0.1) is 6.58 Å². The van der Waals surface area contributed by atoms with E-state index in [1.807, 2.05) is 6.08 Å². The van der Waals surface area contributed by atoms with Gasteiger partial charge in [0.1, 0.15) is 0 Å². The lowest BCUT2D eigenvalue weighted by atomic mass is 10.1. The molecule has 1 heterocycles. The van der Waals surface area contributed by atoms with E-state index in [0.717, 1.165) is 38.3 Å². The average molecular weight is 464 g/mol. The van der Waals surface area contributed by atoms with Crippen LogP contribution in [-0.2, 0) is 9.16 Å². The van der Waals surface area contributed by atoms with Gasteiger partial charge < -0.3 is 14.1 Å². The van der Waals surface area contributed by atoms with E-state index in [9.17, 15) is 0 Å². The highest BCUT2D eigenvalue weighted by Crippen LogP contribution is 2.40. The quantitative estimate of drug-likeness (QED) is 0.250. The van der Waals surface area contributed by atoms with E-state index in [1.165, 1.54) is 22.5 Å². The Labute approximate surface area is 202 Å². The minimum atomic E-state index is -2.76. The lowest BCUT2D eigenvalue weighted by molar-refractivity contribution is 0.0334. The van der Waals surface area contributed by atoms with Gasteiger partial charge in [-0.05, 0) is 48.0 Å². The highest BCUT2D eigenvalue weighted by Gasteiger charge is 2.53. The van der Waals surface area contributed by atoms with Crippen molar-refractivity contribution in [2.75, 3.05) is 13.1 Å². The van der Waals surface area contributed by atoms with Crippen LogP contribution < -0.4 is 10.4 Å². The van der Waals surface area contributed by atoms with Crippen LogP contribution in [0.15, 0.2) is 85.0 Å². The standard InChI is InChI=1S/C29H41NO2Si/c1-7-22-30-23-16-15-21-27(30)28(31-24(3)8-2)32-33(29(4,5)6,25-17-11-9-12-18-25)26-19-13-10-14-20-26/h7,9-14,17-20,24H,1,8,15-16,21-23H2,2-6H3/b28-27-. The third-order valence-electron chi connectivity index (χ3n) is 6.60. The van der Waals surface area contributed by atoms with Crippen LogP contribution in [-0.4, -0.2) is 32.4 Å². The predicted molar refractivity (Wildman–Crippen MR) is 142 cm³/mol. The van der Waals surface area contributed by atoms with Crippen molar-refractivity contribution in [1.29, 1.82) is 0 Å². The van der Waals surface area contributed by atoms with E-state index in [1.54, 1.807) is 0 Å². The molecular weight excluding hydrogens is 422 g/mol. The van der Waals surface area contributed by atoms with Gasteiger partial charge in [0.2, 0.25) is 0 Å². The molecule has 3 rings (SSSR count). The molecule has 4 heteroatoms. The van der Waals surface area contributed by atoms with E-state index >= 15 is 0 Å². The van der Waals surface area contributed by atoms with Crippen LogP contribution in [0.4, 0.5) is 0 Å². The third-order valence-corrected chi connectivity index (χ3v) is 11.5. The summed E-state index contributed by atoms with van der Waals surface area (Å²) >= 11 is 0. The lowest BCUT2D eigenvalue weighted by Gasteiger charge is -2.44. The first kappa shape index (κ1) is 25.2. The molecule has 3 nitrogen and oxygen atoms in total. The second-order valence-electron chi connectivity index (χ2n) is 10.0. The van der Waals surface area contributed by atoms with Crippen LogP contribution in [0.25, 0.3) is 0 Å². The Morgan fingerprint density at radius 2 is 1.61 bits per heavy atom. The van der Waals surface area contributed by atoms with Gasteiger partial charge in [0.25, 0.3) is 5.95 Å². The average Bonchev–Trinajstić information content (AvgIpc) is 2.82. The summed E-state index contributed by atoms with van der Waals surface area (Å²) in [5, 5.41) is 2.42. The maximum absolute atomic E-state index is 7.38. The van der Waals surface area contributed by atoms with Crippen molar-refractivity contribution in [3.63, 3.8) is 0 Å². The fourth-order valence-electron chi connectivity index (χ4n) is 4.68. The van der Waals surface area contributed by atoms with Gasteiger partial charge in [0.15, 0.2) is 0 Å². The zero-order chi connectivity index (χ0) is 23.9. The zero-order valence-corrected chi connectivity index (χ0v) is 22.1. The molecule has 0 amide bonds. The zero-order valence-electron chi connectivity index (χ0n) is 21.1. The van der Waals surface area contributed by atoms with Crippen molar-refractivity contribution in [2.45, 2.75) is 71.4 Å². The van der Waals surface area contributed by atoms with Gasteiger partial charge in [-0.3, -0.25) is 0 Å². The molecule has 1 unspecified atom stereocenters. The van der Waals surface area contributed by atoms with E-state index in [-0.39, 0.29) is 11.1 Å². The molecule has 1 fully saturated rings. The number of piperidine rings is 1. The maximum Gasteiger partial charge on any atom is 0.324 e. The molecule has 1 atom stereocenters. The highest BCUT2D eigenvalue weighted by molar-refractivity contribution is 6.99. The molecule has 0 N–H and O–H groups in total. The van der Waals surface area contributed by atoms with Crippen molar-refractivity contribution in [3.8, 4) is 0 Å². The Balaban J connectivity index is 2.25. The van der Waals surface area contributed by atoms with E-state index in [0.29, 0.717) is 0 Å². The second kappa shape index (κ2) is 11.1. The number of nitrogens with zero attached hydrogens (tertiary/aromatic N) is 1. The summed E-state index contributed by atoms with van der Waals surface area (Å²) in [5.74, 6) is 0.722. The molecule has 33 heavy (non-hydrogen) atoms. The minimum Gasteiger partial charge on any atom is -0.508 e. The summed E-state index contributed by atoms with van der Waals surface area (Å²) in [5.41, 5.74) is 1.19. The van der Waals surface area contributed by atoms with E-state index in [2.05, 4.69) is 107 Å². The van der Waals surface area contributed by atoms with Crippen LogP contribution >= 0.6 is 0 Å². The fraction of sp³-hybridized carbons (Fsp3) is 0.448. The molecular formula is C29H41NO2Si. The number of hydrogen-bond acceptors (Lipinski definition) is 3. The Kier molecular flexibility index (Phi) is 8.47. The molecule has 178 valence electrons. The molecule has 1 saturated heterocycles. The number of ether oxygens (including phenoxy) is 1. The number of allylic oxidation sites excluding steroid dienone is 1. The van der Waals surface area contributed by atoms with Gasteiger partial charge >= 0.3 is 8.32 Å². The summed E-state index contributed by atoms with van der Waals surface area (Å²) in [6, 6.07) is 21.6. The van der Waals surface area contributed by atoms with E-state index in [4.69, 9.17) is 9.16 Å². The van der Waals surface area contributed by atoms with Crippen molar-refractivity contribution in [3.05, 3.63) is 85.0 Å². The highest BCUT2D eigenvalue weighted by atomic mass is 28.4. The van der Waals surface area contributed by atoms with Crippen molar-refractivity contribution in [1.82, 2.24) is 4.90 Å². The topological polar surface area (TPSA) is 21.7 Å². The molecule has 0 aliphatic carbocycles. The summed E-state index contributed by atoms with van der Waals surface area (Å²) < 4.78 is 14.0. The van der Waals surface area contributed by atoms with E-state index < -0.39 is 8.32 Å². The summed E-state index contributed by atoms with van der Waals surface area (Å²) in [7, 11) is -2.76. The summed E-state index contributed by atoms with van der Waals surface area (Å²) in [6.45, 7) is 17.1. The largest absolute Gasteiger partial charge is 0.508 e. The van der Waals surface area contributed by atoms with Crippen molar-refractivity contribution in [2.24, 2.45) is 0 Å². The Morgan fingerprint density at radius 1 is 1.03 bits per heavy atom. The smallest absolute Gasteiger partial charge is 0.324 e. The Hall–Kier alpha value is -2.46. The van der Waals surface area contributed by atoms with Gasteiger partial charge in [0.05, 0.1) is 11.8 Å². The van der Waals surface area contributed by atoms with Gasteiger partial charge in [0, 0.05) is 13.1 Å². The predicted octanol–water partition coefficient (Wildman–Crippen LogP) is 6.22. The molecule has 1 aliphatic heterocycles. The molecule has 1 aliphatic rings. The summed E-state index contributed by atoms with van der Waals surface area (Å²) in [4.78, 5) is 2.39. The number of likely N-dealkylation sites (tertiary alicyclic amines) is 1. The monoisotopic (exact) mass is 463 g/mol. The first-order valence-electron chi connectivity index (χ1n) is 12.4. The maximum atomic E-state index is 7.38. The third kappa shape index (κ3) is 5.55. The fourth-order valence-corrected chi connectivity index (χ4v) is 9.06. The molecule has 2 aromatic carbocycles. The molecule has 0 bridgehead atoms. The first-order valence-corrected chi connectivity index (χ1v) is 14.3. The van der Waals surface area contributed by atoms with Gasteiger partial charge in [-0.1, -0.05) is 94.4 Å². The number of benzene rings is 2. The normalized spacial score (nSPS) is 17.3. The Bertz CT molecular complexity index is 878. The molecule has 2 aromatic rings. The lowest BCUT2D eigenvalue weighted by Crippen LogP contribution is -2.66. The molecule has 0 aromatic heterocycles. The first-order chi connectivity index (χ1) is 15.8. The van der Waals surface area contributed by atoms with Crippen LogP contribution in [0.5, 0.6) is 0 Å². The van der Waals surface area contributed by atoms with Crippen LogP contribution in [0, 0.1) is 0 Å². The van der Waals surface area contributed by atoms with Gasteiger partial charge in [-0.25, -0.2) is 0 Å². The van der Waals surface area contributed by atoms with Crippen LogP contribution in [0.3, 0.4) is 0 Å². The summed E-state index contributed by atoms with van der Waals surface area (Å²) in [6.07, 6.45) is 6.31. The molecule has 0 radical (unpaired) electrons. The number of rotatable bonds is 9. The van der Waals surface area contributed by atoms with Crippen LogP contribution in [0.2, 0.25) is 5.04 Å². The van der Waals surface area contributed by atoms with Crippen molar-refractivity contribution < 1.29 is 9.16 Å².